The highest BCUT2D eigenvalue weighted by atomic mass is 16.5. The van der Waals surface area contributed by atoms with Crippen LogP contribution < -0.4 is 10.1 Å². The lowest BCUT2D eigenvalue weighted by molar-refractivity contribution is 0.371. The van der Waals surface area contributed by atoms with E-state index < -0.39 is 0 Å². The lowest BCUT2D eigenvalue weighted by Gasteiger charge is -2.11. The van der Waals surface area contributed by atoms with Gasteiger partial charge in [-0.2, -0.15) is 0 Å². The number of hydrogen-bond donors (Lipinski definition) is 1. The molecule has 0 fully saturated rings. The Morgan fingerprint density at radius 3 is 3.08 bits per heavy atom. The van der Waals surface area contributed by atoms with Crippen LogP contribution >= 0.6 is 0 Å². The molecule has 1 aromatic rings. The number of nitrogens with zero attached hydrogens (tertiary/aromatic N) is 1. The van der Waals surface area contributed by atoms with E-state index in [0.29, 0.717) is 5.88 Å². The first kappa shape index (κ1) is 7.86. The molecular weight excluding hydrogens is 164 g/mol. The van der Waals surface area contributed by atoms with Gasteiger partial charge >= 0.3 is 0 Å². The van der Waals surface area contributed by atoms with Gasteiger partial charge in [0.15, 0.2) is 5.88 Å². The van der Waals surface area contributed by atoms with Gasteiger partial charge in [0, 0.05) is 18.8 Å². The van der Waals surface area contributed by atoms with Gasteiger partial charge in [0.2, 0.25) is 5.88 Å². The van der Waals surface area contributed by atoms with Crippen molar-refractivity contribution in [2.45, 2.75) is 0 Å². The van der Waals surface area contributed by atoms with Crippen LogP contribution in [0.15, 0.2) is 48.5 Å². The van der Waals surface area contributed by atoms with Crippen molar-refractivity contribution in [1.29, 1.82) is 0 Å². The summed E-state index contributed by atoms with van der Waals surface area (Å²) in [5, 5.41) is 3.08. The molecule has 0 bridgehead atoms. The van der Waals surface area contributed by atoms with E-state index in [1.54, 1.807) is 6.20 Å². The van der Waals surface area contributed by atoms with Crippen LogP contribution in [0.4, 0.5) is 0 Å². The lowest BCUT2D eigenvalue weighted by atomic mass is 10.4. The van der Waals surface area contributed by atoms with E-state index >= 15 is 0 Å². The molecule has 0 saturated heterocycles. The van der Waals surface area contributed by atoms with Crippen molar-refractivity contribution in [3.63, 3.8) is 0 Å². The first-order chi connectivity index (χ1) is 6.45. The molecular formula is C10H10N2O. The highest BCUT2D eigenvalue weighted by Gasteiger charge is 2.00. The Hall–Kier alpha value is -1.77. The van der Waals surface area contributed by atoms with E-state index in [9.17, 15) is 0 Å². The van der Waals surface area contributed by atoms with Crippen LogP contribution in [0.25, 0.3) is 0 Å². The topological polar surface area (TPSA) is 34.1 Å². The van der Waals surface area contributed by atoms with Gasteiger partial charge in [0.05, 0.1) is 0 Å². The molecule has 3 nitrogen and oxygen atoms in total. The summed E-state index contributed by atoms with van der Waals surface area (Å²) in [6, 6.07) is 5.57. The van der Waals surface area contributed by atoms with E-state index in [0.717, 1.165) is 12.4 Å². The maximum Gasteiger partial charge on any atom is 0.221 e. The zero-order valence-corrected chi connectivity index (χ0v) is 7.10. The zero-order valence-electron chi connectivity index (χ0n) is 7.10. The van der Waals surface area contributed by atoms with E-state index in [1.165, 1.54) is 0 Å². The van der Waals surface area contributed by atoms with E-state index in [-0.39, 0.29) is 0 Å². The summed E-state index contributed by atoms with van der Waals surface area (Å²) in [4.78, 5) is 4.05. The second-order valence-corrected chi connectivity index (χ2v) is 2.61. The van der Waals surface area contributed by atoms with Crippen molar-refractivity contribution >= 4 is 0 Å². The molecule has 1 N–H and O–H groups in total. The van der Waals surface area contributed by atoms with Crippen LogP contribution in [0.1, 0.15) is 0 Å². The van der Waals surface area contributed by atoms with Gasteiger partial charge < -0.3 is 10.1 Å². The Morgan fingerprint density at radius 1 is 1.38 bits per heavy atom. The second-order valence-electron chi connectivity index (χ2n) is 2.61. The Kier molecular flexibility index (Phi) is 2.27. The smallest absolute Gasteiger partial charge is 0.221 e. The number of ether oxygens (including phenoxy) is 1. The Morgan fingerprint density at radius 2 is 2.38 bits per heavy atom. The van der Waals surface area contributed by atoms with Crippen LogP contribution in [-0.2, 0) is 0 Å². The summed E-state index contributed by atoms with van der Waals surface area (Å²) in [6.07, 6.45) is 7.55. The Balaban J connectivity index is 2.06. The highest BCUT2D eigenvalue weighted by molar-refractivity contribution is 5.18. The van der Waals surface area contributed by atoms with Crippen LogP contribution in [0.5, 0.6) is 5.88 Å². The maximum absolute atomic E-state index is 5.44. The molecule has 2 rings (SSSR count). The van der Waals surface area contributed by atoms with Crippen molar-refractivity contribution in [2.75, 3.05) is 6.54 Å². The van der Waals surface area contributed by atoms with Gasteiger partial charge in [0.1, 0.15) is 0 Å². The molecule has 1 aliphatic rings. The molecule has 0 spiro atoms. The van der Waals surface area contributed by atoms with Crippen molar-refractivity contribution in [3.05, 3.63) is 48.5 Å². The van der Waals surface area contributed by atoms with Gasteiger partial charge in [-0.1, -0.05) is 18.2 Å². The third kappa shape index (κ3) is 2.08. The minimum Gasteiger partial charge on any atom is -0.423 e. The number of allylic oxidation sites excluding steroid dienone is 2. The monoisotopic (exact) mass is 174 g/mol. The van der Waals surface area contributed by atoms with Gasteiger partial charge in [-0.3, -0.25) is 0 Å². The summed E-state index contributed by atoms with van der Waals surface area (Å²) in [5.41, 5.74) is 0. The highest BCUT2D eigenvalue weighted by Crippen LogP contribution is 2.08. The molecule has 1 aliphatic heterocycles. The first-order valence-electron chi connectivity index (χ1n) is 4.15. The molecule has 0 radical (unpaired) electrons. The molecule has 0 atom stereocenters. The summed E-state index contributed by atoms with van der Waals surface area (Å²) in [5.74, 6) is 1.35. The minimum atomic E-state index is 0.608. The molecule has 0 unspecified atom stereocenters. The maximum atomic E-state index is 5.44. The average molecular weight is 174 g/mol. The minimum absolute atomic E-state index is 0.608. The van der Waals surface area contributed by atoms with Crippen LogP contribution in [0, 0.1) is 0 Å². The lowest BCUT2D eigenvalue weighted by Crippen LogP contribution is -2.20. The number of nitrogens with one attached hydrogen (secondary N) is 1. The van der Waals surface area contributed by atoms with E-state index in [1.807, 2.05) is 36.4 Å². The quantitative estimate of drug-likeness (QED) is 0.737. The molecule has 0 aromatic carbocycles. The predicted molar refractivity (Wildman–Crippen MR) is 50.1 cm³/mol. The molecule has 0 amide bonds. The number of dihydropyridines is 1. The second kappa shape index (κ2) is 3.76. The van der Waals surface area contributed by atoms with Gasteiger partial charge in [0.25, 0.3) is 0 Å². The standard InChI is InChI=1S/C10H10N2O/c1-3-7-11-9(5-1)13-10-6-2-4-8-12-10/h1-7,12H,8H2. The SMILES string of the molecule is C1=CCNC(Oc2ccccn2)=C1. The molecule has 66 valence electrons. The van der Waals surface area contributed by atoms with Gasteiger partial charge in [-0.15, -0.1) is 0 Å². The fourth-order valence-corrected chi connectivity index (χ4v) is 1.03. The van der Waals surface area contributed by atoms with Crippen LogP contribution in [0.2, 0.25) is 0 Å². The van der Waals surface area contributed by atoms with Gasteiger partial charge in [-0.05, 0) is 12.1 Å². The summed E-state index contributed by atoms with van der Waals surface area (Å²) < 4.78 is 5.44. The van der Waals surface area contributed by atoms with Crippen molar-refractivity contribution in [1.82, 2.24) is 10.3 Å². The van der Waals surface area contributed by atoms with Crippen molar-refractivity contribution < 1.29 is 4.74 Å². The summed E-state index contributed by atoms with van der Waals surface area (Å²) in [6.45, 7) is 0.804. The molecule has 3 heteroatoms. The molecule has 0 aliphatic carbocycles. The number of rotatable bonds is 2. The van der Waals surface area contributed by atoms with Gasteiger partial charge in [-0.25, -0.2) is 4.98 Å². The third-order valence-corrected chi connectivity index (χ3v) is 1.63. The average Bonchev–Trinajstić information content (AvgIpc) is 2.21. The van der Waals surface area contributed by atoms with Crippen molar-refractivity contribution in [2.24, 2.45) is 0 Å². The third-order valence-electron chi connectivity index (χ3n) is 1.63. The van der Waals surface area contributed by atoms with E-state index in [4.69, 9.17) is 4.74 Å². The molecule has 2 heterocycles. The zero-order chi connectivity index (χ0) is 8.93. The number of pyridine rings is 1. The molecule has 1 aromatic heterocycles. The molecule has 13 heavy (non-hydrogen) atoms. The Bertz CT molecular complexity index is 330. The summed E-state index contributed by atoms with van der Waals surface area (Å²) >= 11 is 0. The van der Waals surface area contributed by atoms with Crippen molar-refractivity contribution in [3.8, 4) is 5.88 Å². The largest absolute Gasteiger partial charge is 0.423 e. The summed E-state index contributed by atoms with van der Waals surface area (Å²) in [7, 11) is 0. The molecule has 0 saturated carbocycles. The first-order valence-corrected chi connectivity index (χ1v) is 4.15. The predicted octanol–water partition coefficient (Wildman–Crippen LogP) is 1.46. The number of hydrogen-bond acceptors (Lipinski definition) is 3. The fourth-order valence-electron chi connectivity index (χ4n) is 1.03. The Labute approximate surface area is 76.8 Å². The van der Waals surface area contributed by atoms with Crippen LogP contribution in [0.3, 0.4) is 0 Å². The van der Waals surface area contributed by atoms with Crippen LogP contribution in [-0.4, -0.2) is 11.5 Å². The number of aromatic nitrogens is 1. The van der Waals surface area contributed by atoms with E-state index in [2.05, 4.69) is 10.3 Å². The normalized spacial score (nSPS) is 14.6. The fraction of sp³-hybridized carbons (Fsp3) is 0.100.